The average molecular weight is 1130 g/mol. The number of methoxy groups -OCH3 is 3. The van der Waals surface area contributed by atoms with E-state index in [1.807, 2.05) is 37.3 Å². The maximum Gasteiger partial charge on any atom is 0.331 e. The van der Waals surface area contributed by atoms with Gasteiger partial charge in [0.05, 0.1) is 60.4 Å². The Balaban J connectivity index is 0.807. The first-order valence-electron chi connectivity index (χ1n) is 28.4. The van der Waals surface area contributed by atoms with E-state index in [2.05, 4.69) is 6.92 Å². The molecule has 9 rings (SSSR count). The molecule has 1 aromatic rings. The molecule has 28 atom stereocenters. The number of ether oxygens (including phenoxy) is 12. The molecule has 0 radical (unpaired) electrons. The lowest BCUT2D eigenvalue weighted by molar-refractivity contribution is -0.373. The Kier molecular flexibility index (Phi) is 18.6. The number of fused-ring (bicyclic) bond motifs is 5. The topological polar surface area (TPSA) is 310 Å². The van der Waals surface area contributed by atoms with Crippen molar-refractivity contribution in [1.82, 2.24) is 0 Å². The summed E-state index contributed by atoms with van der Waals surface area (Å²) >= 11 is 0. The molecule has 9 N–H and O–H groups in total. The molecule has 10 unspecified atom stereocenters. The van der Waals surface area contributed by atoms with Crippen LogP contribution in [0.5, 0.6) is 0 Å². The molecular formula is C57H88O22. The van der Waals surface area contributed by atoms with Crippen LogP contribution in [0.1, 0.15) is 111 Å². The maximum absolute atomic E-state index is 13.7. The second kappa shape index (κ2) is 23.9. The minimum atomic E-state index is -1.89. The fraction of sp³-hybridized carbons (Fsp3) is 0.842. The van der Waals surface area contributed by atoms with Gasteiger partial charge < -0.3 is 103 Å². The van der Waals surface area contributed by atoms with Crippen molar-refractivity contribution in [2.75, 3.05) is 27.9 Å². The van der Waals surface area contributed by atoms with Crippen LogP contribution in [0, 0.1) is 22.7 Å². The van der Waals surface area contributed by atoms with Crippen molar-refractivity contribution in [3.05, 3.63) is 42.0 Å². The third-order valence-corrected chi connectivity index (χ3v) is 20.3. The SMILES string of the molecule is CO[C@H]1[C@@H](O)[C@H](O[C@H]2[C@@H](OC)C[C@H](O[C@H]3[C@@H](OC)C[C@H](OC4CCC5(C)C(CCC6(O)C5CC(OC(=O)/C=C/c5ccccc5)C5(C)C(O)(C(C)O)CCC65O)C4)O[C@@H]3C)O[C@@H]2C)O[C@H](C)[C@H]1O[C@@H]1O[C@H](CO)[C@@H](O)[C@@H](O)[C@H]1O. The molecule has 22 heteroatoms. The molecule has 0 spiro atoms. The molecule has 8 aliphatic rings. The van der Waals surface area contributed by atoms with Crippen LogP contribution < -0.4 is 0 Å². The van der Waals surface area contributed by atoms with Gasteiger partial charge in [-0.15, -0.1) is 0 Å². The summed E-state index contributed by atoms with van der Waals surface area (Å²) in [4.78, 5) is 13.7. The number of rotatable bonds is 16. The number of hydrogen-bond donors (Lipinski definition) is 9. The lowest BCUT2D eigenvalue weighted by atomic mass is 9.40. The number of hydrogen-bond acceptors (Lipinski definition) is 22. The van der Waals surface area contributed by atoms with Gasteiger partial charge in [0.25, 0.3) is 0 Å². The van der Waals surface area contributed by atoms with Gasteiger partial charge in [0.1, 0.15) is 72.2 Å². The summed E-state index contributed by atoms with van der Waals surface area (Å²) < 4.78 is 74.3. The van der Waals surface area contributed by atoms with Gasteiger partial charge in [-0.1, -0.05) is 44.2 Å². The number of aliphatic hydroxyl groups excluding tert-OH is 6. The predicted octanol–water partition coefficient (Wildman–Crippen LogP) is 1.37. The summed E-state index contributed by atoms with van der Waals surface area (Å²) in [6.45, 7) is 9.99. The lowest BCUT2D eigenvalue weighted by Gasteiger charge is -2.69. The zero-order valence-electron chi connectivity index (χ0n) is 46.9. The molecular weight excluding hydrogens is 1040 g/mol. The summed E-state index contributed by atoms with van der Waals surface area (Å²) in [5.41, 5.74) is -6.71. The minimum absolute atomic E-state index is 0.0142. The van der Waals surface area contributed by atoms with Crippen LogP contribution in [0.25, 0.3) is 6.08 Å². The van der Waals surface area contributed by atoms with E-state index in [1.54, 1.807) is 34.0 Å². The van der Waals surface area contributed by atoms with Crippen LogP contribution in [-0.2, 0) is 61.6 Å². The number of benzene rings is 1. The van der Waals surface area contributed by atoms with Crippen LogP contribution in [-0.4, -0.2) is 226 Å². The highest BCUT2D eigenvalue weighted by Gasteiger charge is 2.81. The minimum Gasteiger partial charge on any atom is -0.458 e. The Morgan fingerprint density at radius 2 is 1.29 bits per heavy atom. The van der Waals surface area contributed by atoms with E-state index in [4.69, 9.17) is 56.8 Å². The second-order valence-electron chi connectivity index (χ2n) is 24.3. The zero-order valence-corrected chi connectivity index (χ0v) is 46.9. The third-order valence-electron chi connectivity index (χ3n) is 20.3. The van der Waals surface area contributed by atoms with Crippen LogP contribution in [0.3, 0.4) is 0 Å². The summed E-state index contributed by atoms with van der Waals surface area (Å²) in [5.74, 6) is -1.10. The van der Waals surface area contributed by atoms with E-state index in [1.165, 1.54) is 27.2 Å². The summed E-state index contributed by atoms with van der Waals surface area (Å²) in [6.07, 6.45) is -14.2. The van der Waals surface area contributed by atoms with Crippen molar-refractivity contribution in [2.45, 2.75) is 251 Å². The highest BCUT2D eigenvalue weighted by atomic mass is 16.8. The summed E-state index contributed by atoms with van der Waals surface area (Å²) in [7, 11) is 4.51. The number of carbonyl (C=O) groups excluding carboxylic acids is 1. The Labute approximate surface area is 462 Å². The normalized spacial score (nSPS) is 50.6. The number of carbonyl (C=O) groups is 1. The fourth-order valence-electron chi connectivity index (χ4n) is 15.6. The maximum atomic E-state index is 13.7. The van der Waals surface area contributed by atoms with E-state index in [-0.39, 0.29) is 44.1 Å². The monoisotopic (exact) mass is 1120 g/mol. The highest BCUT2D eigenvalue weighted by molar-refractivity contribution is 5.87. The van der Waals surface area contributed by atoms with Crippen LogP contribution in [0.2, 0.25) is 0 Å². The van der Waals surface area contributed by atoms with Crippen LogP contribution in [0.4, 0.5) is 0 Å². The zero-order chi connectivity index (χ0) is 57.1. The highest BCUT2D eigenvalue weighted by Crippen LogP contribution is 2.72. The molecule has 0 amide bonds. The molecule has 4 aliphatic heterocycles. The molecule has 0 aromatic heterocycles. The van der Waals surface area contributed by atoms with E-state index in [0.29, 0.717) is 32.1 Å². The lowest BCUT2D eigenvalue weighted by Crippen LogP contribution is -2.79. The Morgan fingerprint density at radius 3 is 1.91 bits per heavy atom. The van der Waals surface area contributed by atoms with E-state index in [9.17, 15) is 50.8 Å². The van der Waals surface area contributed by atoms with E-state index < -0.39 is 169 Å². The van der Waals surface area contributed by atoms with Crippen molar-refractivity contribution in [2.24, 2.45) is 22.7 Å². The van der Waals surface area contributed by atoms with Crippen molar-refractivity contribution >= 4 is 12.0 Å². The van der Waals surface area contributed by atoms with Crippen LogP contribution >= 0.6 is 0 Å². The van der Waals surface area contributed by atoms with Gasteiger partial charge in [0, 0.05) is 40.2 Å². The standard InChI is InChI=1S/C57H88O22/c1-28-47(77-42-25-36(69-8)48(29(2)72-42)78-52-46(64)50(70-9)49(30(3)73-52)79-51-45(63)44(62)43(61)37(27-58)75-51)35(68-7)24-41(71-28)74-34-18-19-53(5)33(23-34)17-20-56(66)38(53)26-39(76-40(60)16-15-32-13-11-10-12-14-32)54(6)55(65,31(4)59)21-22-57(54,56)67/h10-16,28-31,33-39,41-52,58-59,61-67H,17-27H2,1-9H3/b16-15+/t28-,29-,30-,31?,33?,34?,35+,36+,37-,38?,39?,41+,42+,43-,44-,45-,46-,47-,48-,49-,50+,51+,52+,53?,54?,55?,56?,57?/m1/s1. The molecule has 22 nitrogen and oxygen atoms in total. The van der Waals surface area contributed by atoms with Gasteiger partial charge in [-0.25, -0.2) is 4.79 Å². The third kappa shape index (κ3) is 10.8. The molecule has 8 fully saturated rings. The average Bonchev–Trinajstić information content (AvgIpc) is 3.25. The van der Waals surface area contributed by atoms with Gasteiger partial charge in [-0.3, -0.25) is 0 Å². The molecule has 4 saturated carbocycles. The molecule has 4 heterocycles. The van der Waals surface area contributed by atoms with Gasteiger partial charge >= 0.3 is 5.97 Å². The molecule has 4 saturated heterocycles. The number of aliphatic hydroxyl groups is 9. The smallest absolute Gasteiger partial charge is 0.331 e. The summed E-state index contributed by atoms with van der Waals surface area (Å²) in [5, 5.41) is 102. The summed E-state index contributed by atoms with van der Waals surface area (Å²) in [6, 6.07) is 9.31. The number of esters is 1. The first-order valence-corrected chi connectivity index (χ1v) is 28.4. The molecule has 0 bridgehead atoms. The van der Waals surface area contributed by atoms with Crippen LogP contribution in [0.15, 0.2) is 36.4 Å². The fourth-order valence-corrected chi connectivity index (χ4v) is 15.6. The molecule has 4 aliphatic carbocycles. The van der Waals surface area contributed by atoms with Crippen molar-refractivity contribution in [3.63, 3.8) is 0 Å². The van der Waals surface area contributed by atoms with Gasteiger partial charge in [-0.05, 0) is 108 Å². The van der Waals surface area contributed by atoms with E-state index >= 15 is 0 Å². The molecule has 1 aromatic carbocycles. The largest absolute Gasteiger partial charge is 0.458 e. The molecule has 448 valence electrons. The first kappa shape index (κ1) is 61.2. The Morgan fingerprint density at radius 1 is 0.684 bits per heavy atom. The Hall–Kier alpha value is -2.37. The van der Waals surface area contributed by atoms with Crippen molar-refractivity contribution < 1.29 is 108 Å². The second-order valence-corrected chi connectivity index (χ2v) is 24.3. The van der Waals surface area contributed by atoms with Gasteiger partial charge in [0.15, 0.2) is 25.2 Å². The van der Waals surface area contributed by atoms with Crippen molar-refractivity contribution in [3.8, 4) is 0 Å². The quantitative estimate of drug-likeness (QED) is 0.0641. The van der Waals surface area contributed by atoms with Gasteiger partial charge in [-0.2, -0.15) is 0 Å². The van der Waals surface area contributed by atoms with E-state index in [0.717, 1.165) is 5.56 Å². The van der Waals surface area contributed by atoms with Crippen molar-refractivity contribution in [1.29, 1.82) is 0 Å². The molecule has 79 heavy (non-hydrogen) atoms. The van der Waals surface area contributed by atoms with Gasteiger partial charge in [0.2, 0.25) is 0 Å². The predicted molar refractivity (Wildman–Crippen MR) is 276 cm³/mol. The first-order chi connectivity index (χ1) is 37.4. The Bertz CT molecular complexity index is 2230.